The zero-order valence-corrected chi connectivity index (χ0v) is 16.7. The molecule has 27 heavy (non-hydrogen) atoms. The molecule has 2 fully saturated rings. The Balaban J connectivity index is 1.58. The van der Waals surface area contributed by atoms with Crippen LogP contribution in [-0.4, -0.2) is 77.1 Å². The van der Waals surface area contributed by atoms with E-state index in [2.05, 4.69) is 30.4 Å². The van der Waals surface area contributed by atoms with Crippen LogP contribution in [0.1, 0.15) is 56.7 Å². The molecular weight excluding hydrogens is 342 g/mol. The third kappa shape index (κ3) is 5.68. The molecule has 1 aromatic rings. The fraction of sp³-hybridized carbons (Fsp3) is 0.789. The van der Waals surface area contributed by atoms with Crippen molar-refractivity contribution in [2.75, 3.05) is 40.3 Å². The largest absolute Gasteiger partial charge is 0.356 e. The maximum Gasteiger partial charge on any atom is 0.243 e. The number of aromatic nitrogens is 3. The zero-order chi connectivity index (χ0) is 19.1. The van der Waals surface area contributed by atoms with E-state index in [1.54, 1.807) is 25.3 Å². The lowest BCUT2D eigenvalue weighted by Gasteiger charge is -2.34. The highest BCUT2D eigenvalue weighted by molar-refractivity contribution is 5.84. The first-order valence-electron chi connectivity index (χ1n) is 10.2. The third-order valence-corrected chi connectivity index (χ3v) is 5.75. The van der Waals surface area contributed by atoms with E-state index >= 15 is 0 Å². The van der Waals surface area contributed by atoms with Gasteiger partial charge in [0.25, 0.3) is 0 Å². The Labute approximate surface area is 161 Å². The second kappa shape index (κ2) is 9.71. The number of rotatable bonds is 5. The third-order valence-electron chi connectivity index (χ3n) is 5.75. The number of aliphatic imine (C=N–C) groups is 1. The van der Waals surface area contributed by atoms with Crippen LogP contribution in [0.4, 0.5) is 0 Å². The minimum Gasteiger partial charge on any atom is -0.356 e. The highest BCUT2D eigenvalue weighted by Crippen LogP contribution is 2.25. The van der Waals surface area contributed by atoms with E-state index in [-0.39, 0.29) is 12.5 Å². The Hall–Kier alpha value is -2.12. The van der Waals surface area contributed by atoms with Gasteiger partial charge in [-0.15, -0.1) is 0 Å². The summed E-state index contributed by atoms with van der Waals surface area (Å²) in [6, 6.07) is 0. The first-order valence-corrected chi connectivity index (χ1v) is 10.2. The summed E-state index contributed by atoms with van der Waals surface area (Å²) in [5.41, 5.74) is 0. The lowest BCUT2D eigenvalue weighted by molar-refractivity contribution is -0.127. The van der Waals surface area contributed by atoms with E-state index < -0.39 is 0 Å². The number of hydrogen-bond acceptors (Lipinski definition) is 4. The summed E-state index contributed by atoms with van der Waals surface area (Å²) in [4.78, 5) is 24.8. The van der Waals surface area contributed by atoms with E-state index in [1.165, 1.54) is 32.1 Å². The molecule has 8 nitrogen and oxygen atoms in total. The normalized spacial score (nSPS) is 19.9. The number of H-pyrrole nitrogens is 1. The molecule has 0 spiro atoms. The Morgan fingerprint density at radius 1 is 1.26 bits per heavy atom. The number of carbonyl (C=O) groups excluding carboxylic acids is 1. The van der Waals surface area contributed by atoms with Crippen LogP contribution >= 0.6 is 0 Å². The molecule has 0 aromatic carbocycles. The summed E-state index contributed by atoms with van der Waals surface area (Å²) >= 11 is 0. The monoisotopic (exact) mass is 375 g/mol. The second-order valence-electron chi connectivity index (χ2n) is 7.94. The van der Waals surface area contributed by atoms with Gasteiger partial charge in [0.05, 0.1) is 0 Å². The number of likely N-dealkylation sites (tertiary alicyclic amines) is 1. The van der Waals surface area contributed by atoms with Gasteiger partial charge in [-0.2, -0.15) is 5.10 Å². The van der Waals surface area contributed by atoms with E-state index in [0.717, 1.165) is 50.2 Å². The van der Waals surface area contributed by atoms with Crippen molar-refractivity contribution >= 4 is 11.9 Å². The summed E-state index contributed by atoms with van der Waals surface area (Å²) in [6.45, 7) is 2.98. The SMILES string of the molecule is CN(C)C(=O)CN=C(NCC1CCCCC1)N1CCC(c2ncn[nH]2)CC1. The van der Waals surface area contributed by atoms with Crippen molar-refractivity contribution in [1.29, 1.82) is 0 Å². The van der Waals surface area contributed by atoms with Crippen LogP contribution in [-0.2, 0) is 4.79 Å². The lowest BCUT2D eigenvalue weighted by atomic mass is 9.89. The quantitative estimate of drug-likeness (QED) is 0.603. The van der Waals surface area contributed by atoms with Gasteiger partial charge in [0.1, 0.15) is 18.7 Å². The minimum atomic E-state index is 0.0310. The van der Waals surface area contributed by atoms with Crippen LogP contribution in [0.25, 0.3) is 0 Å². The van der Waals surface area contributed by atoms with Gasteiger partial charge in [0.2, 0.25) is 5.91 Å². The Kier molecular flexibility index (Phi) is 7.06. The molecule has 0 bridgehead atoms. The van der Waals surface area contributed by atoms with Gasteiger partial charge in [-0.3, -0.25) is 9.89 Å². The van der Waals surface area contributed by atoms with Gasteiger partial charge in [-0.25, -0.2) is 9.98 Å². The molecule has 1 aliphatic heterocycles. The molecule has 8 heteroatoms. The summed E-state index contributed by atoms with van der Waals surface area (Å²) in [6.07, 6.45) is 10.2. The van der Waals surface area contributed by atoms with Crippen molar-refractivity contribution in [1.82, 2.24) is 30.3 Å². The van der Waals surface area contributed by atoms with Crippen molar-refractivity contribution < 1.29 is 4.79 Å². The number of nitrogens with one attached hydrogen (secondary N) is 2. The number of likely N-dealkylation sites (N-methyl/N-ethyl adjacent to an activating group) is 1. The van der Waals surface area contributed by atoms with Gasteiger partial charge in [-0.05, 0) is 31.6 Å². The molecule has 2 heterocycles. The van der Waals surface area contributed by atoms with Gasteiger partial charge >= 0.3 is 0 Å². The average Bonchev–Trinajstić information content (AvgIpc) is 3.23. The number of guanidine groups is 1. The molecule has 1 saturated heterocycles. The maximum absolute atomic E-state index is 12.0. The van der Waals surface area contributed by atoms with Crippen LogP contribution in [0.15, 0.2) is 11.3 Å². The highest BCUT2D eigenvalue weighted by atomic mass is 16.2. The number of aromatic amines is 1. The molecule has 2 aliphatic rings. The predicted octanol–water partition coefficient (Wildman–Crippen LogP) is 1.60. The minimum absolute atomic E-state index is 0.0310. The molecule has 1 aliphatic carbocycles. The maximum atomic E-state index is 12.0. The van der Waals surface area contributed by atoms with Crippen LogP contribution in [0.5, 0.6) is 0 Å². The standard InChI is InChI=1S/C19H33N7O/c1-25(2)17(27)13-21-19(20-12-15-6-4-3-5-7-15)26-10-8-16(9-11-26)18-22-14-23-24-18/h14-16H,3-13H2,1-2H3,(H,20,21)(H,22,23,24). The number of carbonyl (C=O) groups is 1. The van der Waals surface area contributed by atoms with Gasteiger partial charge in [-0.1, -0.05) is 19.3 Å². The fourth-order valence-electron chi connectivity index (χ4n) is 3.95. The molecule has 3 rings (SSSR count). The zero-order valence-electron chi connectivity index (χ0n) is 16.7. The molecule has 2 N–H and O–H groups in total. The van der Waals surface area contributed by atoms with E-state index in [9.17, 15) is 4.79 Å². The van der Waals surface area contributed by atoms with E-state index in [1.807, 2.05) is 0 Å². The molecule has 1 saturated carbocycles. The fourth-order valence-corrected chi connectivity index (χ4v) is 3.95. The van der Waals surface area contributed by atoms with Crippen molar-refractivity contribution in [3.8, 4) is 0 Å². The number of amides is 1. The first-order chi connectivity index (χ1) is 13.1. The second-order valence-corrected chi connectivity index (χ2v) is 7.94. The van der Waals surface area contributed by atoms with Crippen LogP contribution in [0.2, 0.25) is 0 Å². The summed E-state index contributed by atoms with van der Waals surface area (Å²) in [7, 11) is 3.55. The summed E-state index contributed by atoms with van der Waals surface area (Å²) in [5.74, 6) is 3.04. The molecular formula is C19H33N7O. The summed E-state index contributed by atoms with van der Waals surface area (Å²) in [5, 5.41) is 10.5. The molecule has 150 valence electrons. The van der Waals surface area contributed by atoms with Crippen molar-refractivity contribution in [3.05, 3.63) is 12.2 Å². The number of piperidine rings is 1. The van der Waals surface area contributed by atoms with Crippen LogP contribution < -0.4 is 5.32 Å². The Bertz CT molecular complexity index is 600. The molecule has 1 aromatic heterocycles. The molecule has 0 radical (unpaired) electrons. The molecule has 0 atom stereocenters. The van der Waals surface area contributed by atoms with Crippen molar-refractivity contribution in [3.63, 3.8) is 0 Å². The highest BCUT2D eigenvalue weighted by Gasteiger charge is 2.25. The topological polar surface area (TPSA) is 89.5 Å². The Morgan fingerprint density at radius 3 is 2.63 bits per heavy atom. The number of nitrogens with zero attached hydrogens (tertiary/aromatic N) is 5. The Morgan fingerprint density at radius 2 is 2.00 bits per heavy atom. The van der Waals surface area contributed by atoms with E-state index in [4.69, 9.17) is 0 Å². The van der Waals surface area contributed by atoms with Gasteiger partial charge in [0.15, 0.2) is 5.96 Å². The van der Waals surface area contributed by atoms with Gasteiger partial charge in [0, 0.05) is 39.6 Å². The first kappa shape index (κ1) is 19.6. The molecule has 1 amide bonds. The average molecular weight is 376 g/mol. The van der Waals surface area contributed by atoms with Crippen molar-refractivity contribution in [2.24, 2.45) is 10.9 Å². The van der Waals surface area contributed by atoms with Crippen molar-refractivity contribution in [2.45, 2.75) is 50.9 Å². The number of hydrogen-bond donors (Lipinski definition) is 2. The predicted molar refractivity (Wildman–Crippen MR) is 106 cm³/mol. The van der Waals surface area contributed by atoms with E-state index in [0.29, 0.717) is 5.92 Å². The molecule has 0 unspecified atom stereocenters. The van der Waals surface area contributed by atoms with Crippen LogP contribution in [0, 0.1) is 5.92 Å². The lowest BCUT2D eigenvalue weighted by Crippen LogP contribution is -2.47. The smallest absolute Gasteiger partial charge is 0.243 e. The van der Waals surface area contributed by atoms with Gasteiger partial charge < -0.3 is 15.1 Å². The van der Waals surface area contributed by atoms with Crippen LogP contribution in [0.3, 0.4) is 0 Å². The summed E-state index contributed by atoms with van der Waals surface area (Å²) < 4.78 is 0.